The molecule has 0 aliphatic heterocycles. The zero-order valence-electron chi connectivity index (χ0n) is 14.7. The lowest BCUT2D eigenvalue weighted by molar-refractivity contribution is -0.117. The van der Waals surface area contributed by atoms with E-state index in [0.717, 1.165) is 54.6 Å². The van der Waals surface area contributed by atoms with E-state index in [1.807, 2.05) is 31.2 Å². The number of carbonyl (C=O) groups is 1. The van der Waals surface area contributed by atoms with E-state index in [9.17, 15) is 9.59 Å². The molecule has 0 bridgehead atoms. The number of aromatic nitrogens is 4. The Bertz CT molecular complexity index is 1030. The van der Waals surface area contributed by atoms with Gasteiger partial charge >= 0.3 is 0 Å². The van der Waals surface area contributed by atoms with E-state index in [0.29, 0.717) is 5.52 Å². The molecule has 1 amide bonds. The van der Waals surface area contributed by atoms with Crippen LogP contribution in [0.25, 0.3) is 5.52 Å². The average molecular weight is 351 g/mol. The van der Waals surface area contributed by atoms with Gasteiger partial charge in [-0.25, -0.2) is 9.20 Å². The van der Waals surface area contributed by atoms with E-state index in [1.165, 1.54) is 11.0 Å². The molecule has 1 aliphatic carbocycles. The fourth-order valence-corrected chi connectivity index (χ4v) is 3.56. The summed E-state index contributed by atoms with van der Waals surface area (Å²) < 4.78 is 2.77. The first-order chi connectivity index (χ1) is 12.7. The minimum Gasteiger partial charge on any atom is -0.324 e. The minimum absolute atomic E-state index is 0.118. The van der Waals surface area contributed by atoms with Crippen LogP contribution in [0.3, 0.4) is 0 Å². The molecule has 26 heavy (non-hydrogen) atoms. The molecule has 0 unspecified atom stereocenters. The maximum atomic E-state index is 12.8. The van der Waals surface area contributed by atoms with Crippen molar-refractivity contribution in [1.82, 2.24) is 19.4 Å². The van der Waals surface area contributed by atoms with Gasteiger partial charge in [0.05, 0.1) is 5.69 Å². The van der Waals surface area contributed by atoms with Crippen molar-refractivity contribution in [3.05, 3.63) is 57.8 Å². The standard InChI is InChI=1S/C19H21N5O2/c1-2-13-7-3-5-9-15(13)21-17(25)11-23-19(26)18-14-8-4-6-10-16(14)22-24(18)12-20-23/h3,5,7,9,12H,2,4,6,8,10-11H2,1H3,(H,21,25). The molecule has 4 rings (SSSR count). The number of nitrogens with zero attached hydrogens (tertiary/aromatic N) is 4. The molecule has 0 atom stereocenters. The summed E-state index contributed by atoms with van der Waals surface area (Å²) in [7, 11) is 0. The number of hydrogen-bond acceptors (Lipinski definition) is 4. The van der Waals surface area contributed by atoms with Gasteiger partial charge in [0, 0.05) is 11.3 Å². The van der Waals surface area contributed by atoms with Crippen molar-refractivity contribution in [2.75, 3.05) is 5.32 Å². The van der Waals surface area contributed by atoms with Crippen LogP contribution in [0.1, 0.15) is 36.6 Å². The van der Waals surface area contributed by atoms with Crippen molar-refractivity contribution < 1.29 is 4.79 Å². The van der Waals surface area contributed by atoms with Gasteiger partial charge in [0.1, 0.15) is 18.4 Å². The van der Waals surface area contributed by atoms with Gasteiger partial charge in [0.25, 0.3) is 5.56 Å². The monoisotopic (exact) mass is 351 g/mol. The van der Waals surface area contributed by atoms with E-state index in [-0.39, 0.29) is 18.0 Å². The predicted molar refractivity (Wildman–Crippen MR) is 98.3 cm³/mol. The Morgan fingerprint density at radius 3 is 2.88 bits per heavy atom. The largest absolute Gasteiger partial charge is 0.324 e. The Morgan fingerprint density at radius 1 is 1.23 bits per heavy atom. The number of fused-ring (bicyclic) bond motifs is 3. The number of hydrogen-bond donors (Lipinski definition) is 1. The summed E-state index contributed by atoms with van der Waals surface area (Å²) >= 11 is 0. The summed E-state index contributed by atoms with van der Waals surface area (Å²) in [5.41, 5.74) is 4.11. The van der Waals surface area contributed by atoms with Crippen LogP contribution in [0.15, 0.2) is 35.4 Å². The molecule has 0 fully saturated rings. The van der Waals surface area contributed by atoms with Gasteiger partial charge in [0.15, 0.2) is 0 Å². The Morgan fingerprint density at radius 2 is 2.04 bits per heavy atom. The minimum atomic E-state index is -0.266. The fourth-order valence-electron chi connectivity index (χ4n) is 3.56. The van der Waals surface area contributed by atoms with E-state index >= 15 is 0 Å². The fraction of sp³-hybridized carbons (Fsp3) is 0.368. The molecule has 1 aromatic carbocycles. The SMILES string of the molecule is CCc1ccccc1NC(=O)Cn1ncn2nc3c(c2c1=O)CCCC3. The zero-order chi connectivity index (χ0) is 18.1. The van der Waals surface area contributed by atoms with E-state index in [1.54, 1.807) is 4.52 Å². The number of anilines is 1. The molecule has 0 spiro atoms. The number of para-hydroxylation sites is 1. The molecule has 7 nitrogen and oxygen atoms in total. The third-order valence-electron chi connectivity index (χ3n) is 4.89. The van der Waals surface area contributed by atoms with Crippen LogP contribution in [-0.2, 0) is 30.6 Å². The van der Waals surface area contributed by atoms with Gasteiger partial charge in [-0.2, -0.15) is 10.2 Å². The maximum absolute atomic E-state index is 12.8. The normalized spacial score (nSPS) is 13.6. The maximum Gasteiger partial charge on any atom is 0.293 e. The van der Waals surface area contributed by atoms with Crippen LogP contribution in [0, 0.1) is 0 Å². The second-order valence-corrected chi connectivity index (χ2v) is 6.58. The van der Waals surface area contributed by atoms with Gasteiger partial charge in [-0.3, -0.25) is 9.59 Å². The summed E-state index contributed by atoms with van der Waals surface area (Å²) in [5, 5.41) is 11.5. The molecular formula is C19H21N5O2. The quantitative estimate of drug-likeness (QED) is 0.779. The van der Waals surface area contributed by atoms with Crippen molar-refractivity contribution in [2.45, 2.75) is 45.6 Å². The van der Waals surface area contributed by atoms with Crippen LogP contribution in [0.4, 0.5) is 5.69 Å². The van der Waals surface area contributed by atoms with Crippen molar-refractivity contribution in [1.29, 1.82) is 0 Å². The summed E-state index contributed by atoms with van der Waals surface area (Å²) in [6, 6.07) is 7.66. The Labute approximate surface area is 150 Å². The highest BCUT2D eigenvalue weighted by Gasteiger charge is 2.20. The van der Waals surface area contributed by atoms with Gasteiger partial charge < -0.3 is 5.32 Å². The molecule has 2 aromatic heterocycles. The van der Waals surface area contributed by atoms with Crippen LogP contribution in [0.5, 0.6) is 0 Å². The molecule has 0 saturated heterocycles. The van der Waals surface area contributed by atoms with Gasteiger partial charge in [0.2, 0.25) is 5.91 Å². The number of rotatable bonds is 4. The summed E-state index contributed by atoms with van der Waals surface area (Å²) in [4.78, 5) is 25.3. The molecule has 134 valence electrons. The van der Waals surface area contributed by atoms with Crippen molar-refractivity contribution in [3.8, 4) is 0 Å². The second kappa shape index (κ2) is 6.74. The first-order valence-corrected chi connectivity index (χ1v) is 9.01. The predicted octanol–water partition coefficient (Wildman–Crippen LogP) is 1.97. The number of benzene rings is 1. The Kier molecular flexibility index (Phi) is 4.28. The third kappa shape index (κ3) is 2.89. The summed E-state index contributed by atoms with van der Waals surface area (Å²) in [6.45, 7) is 1.92. The third-order valence-corrected chi connectivity index (χ3v) is 4.89. The highest BCUT2D eigenvalue weighted by atomic mass is 16.2. The molecule has 2 heterocycles. The van der Waals surface area contributed by atoms with Gasteiger partial charge in [-0.05, 0) is 43.7 Å². The summed E-state index contributed by atoms with van der Waals surface area (Å²) in [5.74, 6) is -0.266. The van der Waals surface area contributed by atoms with E-state index in [4.69, 9.17) is 0 Å². The highest BCUT2D eigenvalue weighted by Crippen LogP contribution is 2.22. The lowest BCUT2D eigenvalue weighted by Crippen LogP contribution is -2.31. The lowest BCUT2D eigenvalue weighted by Gasteiger charge is -2.11. The second-order valence-electron chi connectivity index (χ2n) is 6.58. The van der Waals surface area contributed by atoms with Crippen LogP contribution >= 0.6 is 0 Å². The average Bonchev–Trinajstić information content (AvgIpc) is 3.04. The molecule has 1 N–H and O–H groups in total. The smallest absolute Gasteiger partial charge is 0.293 e. The highest BCUT2D eigenvalue weighted by molar-refractivity contribution is 5.91. The number of carbonyl (C=O) groups excluding carboxylic acids is 1. The van der Waals surface area contributed by atoms with Crippen LogP contribution in [0.2, 0.25) is 0 Å². The Balaban J connectivity index is 1.62. The van der Waals surface area contributed by atoms with E-state index in [2.05, 4.69) is 15.5 Å². The zero-order valence-corrected chi connectivity index (χ0v) is 14.7. The molecule has 7 heteroatoms. The van der Waals surface area contributed by atoms with Crippen molar-refractivity contribution >= 4 is 17.1 Å². The number of nitrogens with one attached hydrogen (secondary N) is 1. The lowest BCUT2D eigenvalue weighted by atomic mass is 9.97. The first-order valence-electron chi connectivity index (χ1n) is 9.01. The molecule has 0 radical (unpaired) electrons. The van der Waals surface area contributed by atoms with Gasteiger partial charge in [-0.15, -0.1) is 0 Å². The molecule has 3 aromatic rings. The first kappa shape index (κ1) is 16.5. The van der Waals surface area contributed by atoms with Crippen LogP contribution in [-0.4, -0.2) is 25.3 Å². The topological polar surface area (TPSA) is 81.3 Å². The summed E-state index contributed by atoms with van der Waals surface area (Å²) in [6.07, 6.45) is 6.24. The van der Waals surface area contributed by atoms with Crippen LogP contribution < -0.4 is 10.9 Å². The number of amides is 1. The molecular weight excluding hydrogens is 330 g/mol. The van der Waals surface area contributed by atoms with E-state index < -0.39 is 0 Å². The van der Waals surface area contributed by atoms with Crippen molar-refractivity contribution in [2.24, 2.45) is 0 Å². The van der Waals surface area contributed by atoms with Gasteiger partial charge in [-0.1, -0.05) is 25.1 Å². The molecule has 1 aliphatic rings. The Hall–Kier alpha value is -2.96. The molecule has 0 saturated carbocycles. The number of aryl methyl sites for hydroxylation is 3. The van der Waals surface area contributed by atoms with Crippen molar-refractivity contribution in [3.63, 3.8) is 0 Å².